The van der Waals surface area contributed by atoms with Crippen molar-refractivity contribution in [1.29, 1.82) is 0 Å². The zero-order chi connectivity index (χ0) is 24.8. The summed E-state index contributed by atoms with van der Waals surface area (Å²) in [6, 6.07) is -0.762. The van der Waals surface area contributed by atoms with Crippen LogP contribution in [0.3, 0.4) is 0 Å². The molecule has 0 amide bonds. The quantitative estimate of drug-likeness (QED) is 0.347. The summed E-state index contributed by atoms with van der Waals surface area (Å²) in [5.41, 5.74) is 2.27. The average Bonchev–Trinajstić information content (AvgIpc) is 3.30. The highest BCUT2D eigenvalue weighted by molar-refractivity contribution is 7.21. The summed E-state index contributed by atoms with van der Waals surface area (Å²) in [6.07, 6.45) is -4.94. The molecule has 1 saturated carbocycles. The maximum Gasteiger partial charge on any atom is 0.408 e. The fourth-order valence-corrected chi connectivity index (χ4v) is 5.10. The molecule has 1 fully saturated rings. The van der Waals surface area contributed by atoms with Gasteiger partial charge in [0, 0.05) is 18.7 Å². The highest BCUT2D eigenvalue weighted by Crippen LogP contribution is 2.38. The third kappa shape index (κ3) is 4.65. The molecule has 0 aromatic carbocycles. The maximum atomic E-state index is 13.1. The number of aromatic nitrogens is 4. The predicted molar refractivity (Wildman–Crippen MR) is 122 cm³/mol. The van der Waals surface area contributed by atoms with Crippen LogP contribution in [0.5, 0.6) is 0 Å². The molecule has 0 radical (unpaired) electrons. The lowest BCUT2D eigenvalue weighted by molar-refractivity contribution is -0.138. The first-order chi connectivity index (χ1) is 16.0. The van der Waals surface area contributed by atoms with Gasteiger partial charge in [0.2, 0.25) is 5.95 Å². The third-order valence-electron chi connectivity index (χ3n) is 5.99. The molecule has 5 atom stereocenters. The van der Waals surface area contributed by atoms with Crippen LogP contribution in [0, 0.1) is 19.8 Å². The predicted octanol–water partition coefficient (Wildman–Crippen LogP) is 2.64. The van der Waals surface area contributed by atoms with E-state index in [1.165, 1.54) is 11.3 Å². The topological polar surface area (TPSA) is 136 Å². The second-order valence-corrected chi connectivity index (χ2v) is 9.47. The molecule has 4 rings (SSSR count). The number of hydrogen-bond acceptors (Lipinski definition) is 10. The number of anilines is 2. The van der Waals surface area contributed by atoms with Gasteiger partial charge in [-0.15, -0.1) is 11.3 Å². The number of halogens is 3. The van der Waals surface area contributed by atoms with Crippen LogP contribution in [0.1, 0.15) is 24.7 Å². The van der Waals surface area contributed by atoms with Gasteiger partial charge in [-0.3, -0.25) is 4.98 Å². The zero-order valence-electron chi connectivity index (χ0n) is 18.6. The monoisotopic (exact) mass is 498 g/mol. The number of nitrogens with one attached hydrogen (secondary N) is 2. The van der Waals surface area contributed by atoms with Crippen molar-refractivity contribution in [3.8, 4) is 10.6 Å². The molecule has 0 aliphatic heterocycles. The Hall–Kier alpha value is -2.61. The first kappa shape index (κ1) is 24.5. The van der Waals surface area contributed by atoms with Crippen LogP contribution in [0.2, 0.25) is 0 Å². The minimum absolute atomic E-state index is 0.170. The summed E-state index contributed by atoms with van der Waals surface area (Å²) in [5, 5.41) is 36.0. The molecule has 1 aliphatic carbocycles. The van der Waals surface area contributed by atoms with Crippen molar-refractivity contribution in [2.45, 2.75) is 57.7 Å². The van der Waals surface area contributed by atoms with Gasteiger partial charge >= 0.3 is 6.18 Å². The number of hydrogen-bond donors (Lipinski definition) is 5. The summed E-state index contributed by atoms with van der Waals surface area (Å²) < 4.78 is 40.2. The van der Waals surface area contributed by atoms with Crippen molar-refractivity contribution in [1.82, 2.24) is 19.9 Å². The fourth-order valence-electron chi connectivity index (χ4n) is 3.99. The van der Waals surface area contributed by atoms with Crippen molar-refractivity contribution in [2.24, 2.45) is 5.92 Å². The molecule has 3 aromatic rings. The molecule has 0 saturated heterocycles. The maximum absolute atomic E-state index is 13.1. The lowest BCUT2D eigenvalue weighted by Gasteiger charge is -2.22. The van der Waals surface area contributed by atoms with Gasteiger partial charge in [0.15, 0.2) is 0 Å². The van der Waals surface area contributed by atoms with Crippen molar-refractivity contribution in [3.05, 3.63) is 23.7 Å². The molecule has 34 heavy (non-hydrogen) atoms. The second kappa shape index (κ2) is 9.21. The standard InChI is InChI=1S/C21H25F3N6O3S/c1-8-14(19-29-15-9(2)25-5-4-13(15)34-19)18(28-12-6-11(7-31)16(32)17(12)33)30-20(26-8)27-10(3)21(22,23)24/h4-5,10-12,16-17,31-33H,6-7H2,1-3H3,(H2,26,27,28,30)/t10-,11-,12-,16-,17+/m1/s1. The molecule has 0 unspecified atom stereocenters. The van der Waals surface area contributed by atoms with Gasteiger partial charge in [-0.1, -0.05) is 0 Å². The highest BCUT2D eigenvalue weighted by atomic mass is 32.1. The first-order valence-corrected chi connectivity index (χ1v) is 11.5. The van der Waals surface area contributed by atoms with Gasteiger partial charge in [-0.25, -0.2) is 9.97 Å². The molecular weight excluding hydrogens is 473 g/mol. The SMILES string of the molecule is Cc1nc(N[C@H](C)C(F)(F)F)nc(N[C@@H]2C[C@H](CO)[C@@H](O)[C@H]2O)c1-c1nc2c(C)nccc2s1. The van der Waals surface area contributed by atoms with E-state index in [0.29, 0.717) is 21.8 Å². The molecule has 9 nitrogen and oxygen atoms in total. The van der Waals surface area contributed by atoms with Gasteiger partial charge < -0.3 is 26.0 Å². The molecular formula is C21H25F3N6O3S. The molecule has 0 spiro atoms. The number of pyridine rings is 1. The van der Waals surface area contributed by atoms with Crippen LogP contribution in [-0.2, 0) is 0 Å². The number of nitrogens with zero attached hydrogens (tertiary/aromatic N) is 4. The highest BCUT2D eigenvalue weighted by Gasteiger charge is 2.42. The van der Waals surface area contributed by atoms with Crippen LogP contribution in [0.15, 0.2) is 12.3 Å². The van der Waals surface area contributed by atoms with Crippen LogP contribution < -0.4 is 10.6 Å². The molecule has 5 N–H and O–H groups in total. The van der Waals surface area contributed by atoms with E-state index in [0.717, 1.165) is 17.3 Å². The fraction of sp³-hybridized carbons (Fsp3) is 0.524. The number of alkyl halides is 3. The Morgan fingerprint density at radius 2 is 1.88 bits per heavy atom. The number of rotatable bonds is 6. The van der Waals surface area contributed by atoms with E-state index in [1.807, 2.05) is 13.0 Å². The minimum atomic E-state index is -4.50. The Labute approximate surface area is 197 Å². The Morgan fingerprint density at radius 3 is 2.50 bits per heavy atom. The molecule has 1 aliphatic rings. The van der Waals surface area contributed by atoms with Gasteiger partial charge in [0.1, 0.15) is 28.5 Å². The number of aliphatic hydroxyl groups excluding tert-OH is 3. The van der Waals surface area contributed by atoms with E-state index in [4.69, 9.17) is 0 Å². The Balaban J connectivity index is 1.78. The van der Waals surface area contributed by atoms with E-state index >= 15 is 0 Å². The number of aliphatic hydroxyl groups is 3. The number of fused-ring (bicyclic) bond motifs is 1. The molecule has 3 aromatic heterocycles. The summed E-state index contributed by atoms with van der Waals surface area (Å²) >= 11 is 1.36. The van der Waals surface area contributed by atoms with E-state index in [-0.39, 0.29) is 24.8 Å². The van der Waals surface area contributed by atoms with Crippen LogP contribution in [0.25, 0.3) is 20.8 Å². The Bertz CT molecular complexity index is 1190. The summed E-state index contributed by atoms with van der Waals surface area (Å²) in [7, 11) is 0. The first-order valence-electron chi connectivity index (χ1n) is 10.7. The second-order valence-electron chi connectivity index (χ2n) is 8.44. The van der Waals surface area contributed by atoms with Gasteiger partial charge in [0.25, 0.3) is 0 Å². The van der Waals surface area contributed by atoms with E-state index in [1.54, 1.807) is 13.1 Å². The number of aryl methyl sites for hydroxylation is 2. The van der Waals surface area contributed by atoms with Crippen molar-refractivity contribution in [3.63, 3.8) is 0 Å². The molecule has 0 bridgehead atoms. The van der Waals surface area contributed by atoms with E-state index < -0.39 is 36.4 Å². The largest absolute Gasteiger partial charge is 0.408 e. The average molecular weight is 499 g/mol. The van der Waals surface area contributed by atoms with Gasteiger partial charge in [-0.2, -0.15) is 18.2 Å². The van der Waals surface area contributed by atoms with Crippen molar-refractivity contribution >= 4 is 33.3 Å². The van der Waals surface area contributed by atoms with Gasteiger partial charge in [0.05, 0.1) is 33.8 Å². The lowest BCUT2D eigenvalue weighted by Crippen LogP contribution is -2.36. The smallest absolute Gasteiger partial charge is 0.396 e. The summed E-state index contributed by atoms with van der Waals surface area (Å²) in [6.45, 7) is 4.11. The third-order valence-corrected chi connectivity index (χ3v) is 7.03. The minimum Gasteiger partial charge on any atom is -0.396 e. The molecule has 184 valence electrons. The van der Waals surface area contributed by atoms with Gasteiger partial charge in [-0.05, 0) is 33.3 Å². The Kier molecular flexibility index (Phi) is 6.64. The van der Waals surface area contributed by atoms with Crippen molar-refractivity contribution < 1.29 is 28.5 Å². The molecule has 3 heterocycles. The van der Waals surface area contributed by atoms with E-state index in [2.05, 4.69) is 30.6 Å². The number of thiazole rings is 1. The van der Waals surface area contributed by atoms with Crippen LogP contribution in [-0.4, -0.2) is 72.3 Å². The Morgan fingerprint density at radius 1 is 1.15 bits per heavy atom. The van der Waals surface area contributed by atoms with Crippen LogP contribution >= 0.6 is 11.3 Å². The zero-order valence-corrected chi connectivity index (χ0v) is 19.4. The lowest BCUT2D eigenvalue weighted by atomic mass is 10.1. The van der Waals surface area contributed by atoms with Crippen LogP contribution in [0.4, 0.5) is 24.9 Å². The van der Waals surface area contributed by atoms with Crippen molar-refractivity contribution in [2.75, 3.05) is 17.2 Å². The normalized spacial score (nSPS) is 23.9. The summed E-state index contributed by atoms with van der Waals surface area (Å²) in [4.78, 5) is 17.4. The molecule has 13 heteroatoms. The van der Waals surface area contributed by atoms with E-state index in [9.17, 15) is 28.5 Å². The summed E-state index contributed by atoms with van der Waals surface area (Å²) in [5.74, 6) is -0.610.